The molecule has 7 heteroatoms. The molecule has 0 aromatic heterocycles. The molecule has 2 radical (unpaired) electrons. The van der Waals surface area contributed by atoms with Crippen LogP contribution in [0.25, 0.3) is 43.8 Å². The molecule has 6 aromatic carbocycles. The van der Waals surface area contributed by atoms with Gasteiger partial charge in [-0.25, -0.2) is 0 Å². The van der Waals surface area contributed by atoms with Crippen molar-refractivity contribution in [1.82, 2.24) is 0 Å². The van der Waals surface area contributed by atoms with Crippen LogP contribution in [0.15, 0.2) is 109 Å². The Bertz CT molecular complexity index is 2410. The first kappa shape index (κ1) is 57.8. The molecule has 71 heavy (non-hydrogen) atoms. The van der Waals surface area contributed by atoms with Crippen LogP contribution in [0.3, 0.4) is 0 Å². The fourth-order valence-electron chi connectivity index (χ4n) is 14.9. The zero-order valence-corrected chi connectivity index (χ0v) is 48.6. The summed E-state index contributed by atoms with van der Waals surface area (Å²) in [4.78, 5) is 0. The molecular formula is C64H79Cl2F3SiZr-4. The number of hydrogen-bond acceptors (Lipinski definition) is 0. The van der Waals surface area contributed by atoms with Gasteiger partial charge in [-0.15, -0.1) is 93.9 Å². The molecular weight excluding hydrogens is 1020 g/mol. The molecule has 0 saturated heterocycles. The van der Waals surface area contributed by atoms with Crippen LogP contribution in [-0.2, 0) is 47.0 Å². The summed E-state index contributed by atoms with van der Waals surface area (Å²) < 4.78 is 32.2. The van der Waals surface area contributed by atoms with Gasteiger partial charge in [0.15, 0.2) is 0 Å². The van der Waals surface area contributed by atoms with E-state index in [9.17, 15) is 13.2 Å². The second kappa shape index (κ2) is 23.6. The van der Waals surface area contributed by atoms with E-state index < -0.39 is 12.6 Å². The number of hydrogen-bond donors (Lipinski definition) is 0. The van der Waals surface area contributed by atoms with E-state index in [1.165, 1.54) is 142 Å². The SMILES string of the molecule is CC(C)(C)c1ccc(-c2cccc3[cH-]c(CC4C5CC6CC(C5)CC4C6)cc23)cc1.CC(C)(C)c1ccc(-c2cccc3[cH-]c(CC4C5CC6CC(C5)CC4C6)cc23)cc1.Cl.Cl.[CH2-]CC(F)(F)F.[CH3-].[Si]=[Zr]. The monoisotopic (exact) mass is 1090 g/mol. The molecule has 0 unspecified atom stereocenters. The number of fused-ring (bicyclic) bond motifs is 2. The van der Waals surface area contributed by atoms with Crippen LogP contribution in [0.1, 0.15) is 134 Å². The fraction of sp³-hybridized carbons (Fsp3) is 0.500. The average Bonchev–Trinajstić information content (AvgIpc) is 3.92. The molecule has 14 rings (SSSR count). The third-order valence-electron chi connectivity index (χ3n) is 17.8. The van der Waals surface area contributed by atoms with Gasteiger partial charge in [0.05, 0.1) is 0 Å². The normalized spacial score (nSPS) is 26.7. The van der Waals surface area contributed by atoms with Crippen molar-refractivity contribution in [3.8, 4) is 22.3 Å². The summed E-state index contributed by atoms with van der Waals surface area (Å²) in [6.45, 7) is 19.4. The summed E-state index contributed by atoms with van der Waals surface area (Å²) >= 11 is 1.36. The maximum atomic E-state index is 10.7. The van der Waals surface area contributed by atoms with Crippen LogP contribution in [-0.4, -0.2) is 13.1 Å². The van der Waals surface area contributed by atoms with E-state index in [4.69, 9.17) is 0 Å². The van der Waals surface area contributed by atoms with Crippen molar-refractivity contribution in [2.24, 2.45) is 59.2 Å². The van der Waals surface area contributed by atoms with Gasteiger partial charge in [-0.2, -0.15) is 25.3 Å². The van der Waals surface area contributed by atoms with Gasteiger partial charge in [0.2, 0.25) is 0 Å². The van der Waals surface area contributed by atoms with Crippen molar-refractivity contribution in [1.29, 1.82) is 0 Å². The van der Waals surface area contributed by atoms with Gasteiger partial charge < -0.3 is 14.4 Å². The molecule has 0 amide bonds. The first-order valence-electron chi connectivity index (χ1n) is 26.1. The first-order valence-corrected chi connectivity index (χ1v) is 30.3. The quantitative estimate of drug-likeness (QED) is 0.115. The van der Waals surface area contributed by atoms with E-state index in [-0.39, 0.29) is 43.1 Å². The van der Waals surface area contributed by atoms with Crippen LogP contribution in [0.4, 0.5) is 13.2 Å². The molecule has 0 atom stereocenters. The Morgan fingerprint density at radius 1 is 0.507 bits per heavy atom. The third-order valence-corrected chi connectivity index (χ3v) is 17.8. The van der Waals surface area contributed by atoms with E-state index in [0.717, 1.165) is 59.2 Å². The minimum atomic E-state index is -4.07. The standard InChI is InChI=1S/2C30H35.C3H4F3.CH3.2ClH.Si.Zr/c2*1-30(2,3)26-9-7-22(8-10-26)27-6-4-5-23-12-21(18-29(23)27)17-28-24-13-19-11-20(15-24)16-25(28)14-19;1-2-3(4,5)6;;;;;/h2*4-10,12,18-20,24-25,28H,11,13-17H2,1-3H3;1-2H2;1H3;2*1H;;/q4*-1;;;;. The molecule has 0 nitrogen and oxygen atoms in total. The zero-order valence-electron chi connectivity index (χ0n) is 43.5. The topological polar surface area (TPSA) is 0 Å². The summed E-state index contributed by atoms with van der Waals surface area (Å²) in [6.07, 6.45) is 12.9. The Hall–Kier alpha value is -2.43. The summed E-state index contributed by atoms with van der Waals surface area (Å²) in [5.74, 6) is 10.3. The van der Waals surface area contributed by atoms with E-state index in [0.29, 0.717) is 0 Å². The molecule has 8 aliphatic rings. The van der Waals surface area contributed by atoms with E-state index in [1.807, 2.05) is 0 Å². The number of rotatable bonds is 6. The van der Waals surface area contributed by atoms with Gasteiger partial charge in [0, 0.05) is 0 Å². The van der Waals surface area contributed by atoms with E-state index in [2.05, 4.69) is 165 Å². The van der Waals surface area contributed by atoms with Crippen molar-refractivity contribution in [3.05, 3.63) is 146 Å². The van der Waals surface area contributed by atoms with Crippen molar-refractivity contribution >= 4 is 53.2 Å². The van der Waals surface area contributed by atoms with Gasteiger partial charge in [-0.05, 0) is 169 Å². The predicted molar refractivity (Wildman–Crippen MR) is 299 cm³/mol. The summed E-state index contributed by atoms with van der Waals surface area (Å²) in [5.41, 5.74) is 11.9. The van der Waals surface area contributed by atoms with Gasteiger partial charge in [-0.1, -0.05) is 120 Å². The first-order chi connectivity index (χ1) is 32.4. The Morgan fingerprint density at radius 3 is 1.07 bits per heavy atom. The molecule has 0 heterocycles. The van der Waals surface area contributed by atoms with Gasteiger partial charge >= 0.3 is 36.4 Å². The van der Waals surface area contributed by atoms with Gasteiger partial charge in [-0.3, -0.25) is 0 Å². The van der Waals surface area contributed by atoms with Crippen LogP contribution < -0.4 is 0 Å². The zero-order chi connectivity index (χ0) is 48.1. The van der Waals surface area contributed by atoms with E-state index in [1.54, 1.807) is 24.0 Å². The molecule has 6 aromatic rings. The maximum absolute atomic E-state index is 10.7. The van der Waals surface area contributed by atoms with Gasteiger partial charge in [0.1, 0.15) is 0 Å². The second-order valence-electron chi connectivity index (χ2n) is 24.5. The molecule has 8 saturated carbocycles. The summed E-state index contributed by atoms with van der Waals surface area (Å²) in [5, 5.41) is 5.73. The van der Waals surface area contributed by atoms with Crippen molar-refractivity contribution in [2.45, 2.75) is 142 Å². The Morgan fingerprint density at radius 2 is 0.803 bits per heavy atom. The molecule has 0 N–H and O–H groups in total. The molecule has 8 fully saturated rings. The summed E-state index contributed by atoms with van der Waals surface area (Å²) in [7, 11) is 0. The Labute approximate surface area is 455 Å². The van der Waals surface area contributed by atoms with Gasteiger partial charge in [0.25, 0.3) is 0 Å². The minimum absolute atomic E-state index is 0. The molecule has 382 valence electrons. The second-order valence-corrected chi connectivity index (χ2v) is 24.5. The van der Waals surface area contributed by atoms with Crippen LogP contribution in [0.2, 0.25) is 0 Å². The average molecular weight is 1100 g/mol. The Kier molecular flexibility index (Phi) is 19.3. The number of halogens is 5. The van der Waals surface area contributed by atoms with Crippen LogP contribution in [0, 0.1) is 73.5 Å². The van der Waals surface area contributed by atoms with Crippen molar-refractivity contribution in [3.63, 3.8) is 0 Å². The predicted octanol–water partition coefficient (Wildman–Crippen LogP) is 19.0. The summed E-state index contributed by atoms with van der Waals surface area (Å²) in [6, 6.07) is 42.3. The number of benzene rings is 4. The van der Waals surface area contributed by atoms with Crippen LogP contribution in [0.5, 0.6) is 0 Å². The fourth-order valence-corrected chi connectivity index (χ4v) is 14.9. The van der Waals surface area contributed by atoms with E-state index >= 15 is 0 Å². The number of alkyl halides is 3. The third kappa shape index (κ3) is 13.2. The molecule has 0 spiro atoms. The van der Waals surface area contributed by atoms with Crippen molar-refractivity contribution in [2.75, 3.05) is 0 Å². The van der Waals surface area contributed by atoms with Crippen molar-refractivity contribution < 1.29 is 36.5 Å². The molecule has 8 bridgehead atoms. The molecule has 8 aliphatic carbocycles. The molecule has 0 aliphatic heterocycles. The Balaban J connectivity index is 0.000000195. The van der Waals surface area contributed by atoms with Crippen LogP contribution >= 0.6 is 24.8 Å².